The van der Waals surface area contributed by atoms with E-state index >= 15 is 0 Å². The third-order valence-corrected chi connectivity index (χ3v) is 4.12. The molecule has 1 aliphatic heterocycles. The fraction of sp³-hybridized carbons (Fsp3) is 0.895. The molecule has 6 nitrogen and oxygen atoms in total. The van der Waals surface area contributed by atoms with E-state index in [9.17, 15) is 9.59 Å². The number of hydrogen-bond donors (Lipinski definition) is 1. The number of rotatable bonds is 6. The second kappa shape index (κ2) is 8.88. The van der Waals surface area contributed by atoms with Crippen LogP contribution in [0.5, 0.6) is 0 Å². The smallest absolute Gasteiger partial charge is 0.410 e. The van der Waals surface area contributed by atoms with Crippen molar-refractivity contribution in [1.29, 1.82) is 0 Å². The van der Waals surface area contributed by atoms with Crippen LogP contribution in [0.1, 0.15) is 67.2 Å². The largest absolute Gasteiger partial charge is 0.460 e. The van der Waals surface area contributed by atoms with E-state index in [0.717, 1.165) is 25.7 Å². The average molecular weight is 357 g/mol. The maximum atomic E-state index is 12.7. The van der Waals surface area contributed by atoms with E-state index in [2.05, 4.69) is 0 Å². The highest BCUT2D eigenvalue weighted by atomic mass is 16.6. The van der Waals surface area contributed by atoms with Gasteiger partial charge in [0.25, 0.3) is 0 Å². The number of amides is 1. The van der Waals surface area contributed by atoms with Crippen LogP contribution in [0.15, 0.2) is 0 Å². The Bertz CT molecular complexity index is 451. The summed E-state index contributed by atoms with van der Waals surface area (Å²) >= 11 is 0. The zero-order valence-electron chi connectivity index (χ0n) is 16.8. The van der Waals surface area contributed by atoms with Gasteiger partial charge in [0.05, 0.1) is 5.92 Å². The number of nitrogens with zero attached hydrogens (tertiary/aromatic N) is 1. The first-order valence-electron chi connectivity index (χ1n) is 9.34. The maximum absolute atomic E-state index is 12.7. The Balaban J connectivity index is 2.72. The molecule has 0 unspecified atom stereocenters. The number of unbranched alkanes of at least 4 members (excludes halogenated alkanes) is 1. The molecule has 0 spiro atoms. The van der Waals surface area contributed by atoms with Crippen LogP contribution < -0.4 is 5.73 Å². The molecule has 0 bridgehead atoms. The molecule has 0 aromatic heterocycles. The number of ether oxygens (including phenoxy) is 2. The third-order valence-electron chi connectivity index (χ3n) is 4.12. The molecule has 1 rings (SSSR count). The molecule has 1 saturated heterocycles. The van der Waals surface area contributed by atoms with E-state index in [1.807, 2.05) is 41.5 Å². The van der Waals surface area contributed by atoms with Crippen molar-refractivity contribution in [2.75, 3.05) is 19.6 Å². The molecule has 1 aliphatic rings. The van der Waals surface area contributed by atoms with Crippen molar-refractivity contribution in [3.8, 4) is 0 Å². The van der Waals surface area contributed by atoms with Gasteiger partial charge in [0.1, 0.15) is 11.2 Å². The second-order valence-electron chi connectivity index (χ2n) is 8.90. The van der Waals surface area contributed by atoms with Gasteiger partial charge in [-0.05, 0) is 73.3 Å². The van der Waals surface area contributed by atoms with Gasteiger partial charge in [0, 0.05) is 13.1 Å². The van der Waals surface area contributed by atoms with Gasteiger partial charge >= 0.3 is 12.1 Å². The van der Waals surface area contributed by atoms with Crippen LogP contribution in [-0.2, 0) is 14.3 Å². The van der Waals surface area contributed by atoms with Crippen molar-refractivity contribution in [1.82, 2.24) is 4.90 Å². The molecule has 0 saturated carbocycles. The Hall–Kier alpha value is -1.30. The van der Waals surface area contributed by atoms with E-state index in [1.165, 1.54) is 0 Å². The lowest BCUT2D eigenvalue weighted by Gasteiger charge is -2.28. The highest BCUT2D eigenvalue weighted by molar-refractivity contribution is 5.74. The number of carbonyl (C=O) groups excluding carboxylic acids is 2. The predicted octanol–water partition coefficient (Wildman–Crippen LogP) is 3.33. The monoisotopic (exact) mass is 356 g/mol. The van der Waals surface area contributed by atoms with Crippen LogP contribution in [0.3, 0.4) is 0 Å². The number of nitrogens with two attached hydrogens (primary N) is 1. The van der Waals surface area contributed by atoms with Gasteiger partial charge in [-0.25, -0.2) is 4.79 Å². The molecule has 1 amide bonds. The lowest BCUT2D eigenvalue weighted by Crippen LogP contribution is -2.37. The summed E-state index contributed by atoms with van der Waals surface area (Å²) < 4.78 is 11.1. The zero-order valence-corrected chi connectivity index (χ0v) is 16.8. The molecular formula is C19H36N2O4. The SMILES string of the molecule is CC(C)(C)OC(=O)[C@@H](CCCCN)[C@H]1CCN(C(=O)OC(C)(C)C)C1. The summed E-state index contributed by atoms with van der Waals surface area (Å²) in [4.78, 5) is 26.6. The molecule has 25 heavy (non-hydrogen) atoms. The molecule has 2 N–H and O–H groups in total. The van der Waals surface area contributed by atoms with E-state index in [-0.39, 0.29) is 23.9 Å². The lowest BCUT2D eigenvalue weighted by atomic mass is 9.87. The number of esters is 1. The van der Waals surface area contributed by atoms with Crippen LogP contribution in [-0.4, -0.2) is 47.8 Å². The summed E-state index contributed by atoms with van der Waals surface area (Å²) in [6.07, 6.45) is 3.02. The molecule has 146 valence electrons. The maximum Gasteiger partial charge on any atom is 0.410 e. The van der Waals surface area contributed by atoms with Crippen LogP contribution >= 0.6 is 0 Å². The first-order chi connectivity index (χ1) is 11.4. The van der Waals surface area contributed by atoms with Crippen LogP contribution in [0.4, 0.5) is 4.79 Å². The van der Waals surface area contributed by atoms with Gasteiger partial charge in [-0.1, -0.05) is 6.42 Å². The summed E-state index contributed by atoms with van der Waals surface area (Å²) in [5.74, 6) is -0.251. The van der Waals surface area contributed by atoms with Crippen molar-refractivity contribution in [3.63, 3.8) is 0 Å². The summed E-state index contributed by atoms with van der Waals surface area (Å²) in [6, 6.07) is 0. The van der Waals surface area contributed by atoms with Crippen molar-refractivity contribution in [2.45, 2.75) is 78.4 Å². The molecule has 0 aliphatic carbocycles. The second-order valence-corrected chi connectivity index (χ2v) is 8.90. The average Bonchev–Trinajstić information content (AvgIpc) is 2.89. The van der Waals surface area contributed by atoms with Crippen molar-refractivity contribution in [2.24, 2.45) is 17.6 Å². The molecule has 1 heterocycles. The Morgan fingerprint density at radius 2 is 1.68 bits per heavy atom. The minimum atomic E-state index is -0.513. The zero-order chi connectivity index (χ0) is 19.3. The van der Waals surface area contributed by atoms with Gasteiger partial charge in [-0.2, -0.15) is 0 Å². The Morgan fingerprint density at radius 1 is 1.08 bits per heavy atom. The first kappa shape index (κ1) is 21.7. The van der Waals surface area contributed by atoms with Crippen molar-refractivity contribution >= 4 is 12.1 Å². The van der Waals surface area contributed by atoms with E-state index in [4.69, 9.17) is 15.2 Å². The van der Waals surface area contributed by atoms with Crippen molar-refractivity contribution in [3.05, 3.63) is 0 Å². The summed E-state index contributed by atoms with van der Waals surface area (Å²) in [7, 11) is 0. The third kappa shape index (κ3) is 8.08. The molecule has 2 atom stereocenters. The molecule has 0 radical (unpaired) electrons. The number of likely N-dealkylation sites (tertiary alicyclic amines) is 1. The normalized spacial score (nSPS) is 19.6. The van der Waals surface area contributed by atoms with Crippen LogP contribution in [0, 0.1) is 11.8 Å². The van der Waals surface area contributed by atoms with Crippen LogP contribution in [0.25, 0.3) is 0 Å². The Morgan fingerprint density at radius 3 is 2.20 bits per heavy atom. The number of carbonyl (C=O) groups is 2. The summed E-state index contributed by atoms with van der Waals surface area (Å²) in [5, 5.41) is 0. The minimum Gasteiger partial charge on any atom is -0.460 e. The molecule has 0 aromatic carbocycles. The van der Waals surface area contributed by atoms with Gasteiger partial charge < -0.3 is 20.1 Å². The van der Waals surface area contributed by atoms with Crippen molar-refractivity contribution < 1.29 is 19.1 Å². The van der Waals surface area contributed by atoms with E-state index in [0.29, 0.717) is 19.6 Å². The first-order valence-corrected chi connectivity index (χ1v) is 9.34. The summed E-state index contributed by atoms with van der Waals surface area (Å²) in [5.41, 5.74) is 4.56. The van der Waals surface area contributed by atoms with Crippen LogP contribution in [0.2, 0.25) is 0 Å². The molecular weight excluding hydrogens is 320 g/mol. The minimum absolute atomic E-state index is 0.111. The quantitative estimate of drug-likeness (QED) is 0.583. The molecule has 1 fully saturated rings. The van der Waals surface area contributed by atoms with Gasteiger partial charge in [-0.15, -0.1) is 0 Å². The Kier molecular flexibility index (Phi) is 7.72. The molecule has 6 heteroatoms. The topological polar surface area (TPSA) is 81.9 Å². The predicted molar refractivity (Wildman–Crippen MR) is 98.2 cm³/mol. The van der Waals surface area contributed by atoms with Gasteiger partial charge in [0.15, 0.2) is 0 Å². The fourth-order valence-electron chi connectivity index (χ4n) is 3.04. The Labute approximate surface area is 152 Å². The van der Waals surface area contributed by atoms with Gasteiger partial charge in [-0.3, -0.25) is 4.79 Å². The highest BCUT2D eigenvalue weighted by Crippen LogP contribution is 2.31. The standard InChI is InChI=1S/C19H36N2O4/c1-18(2,3)24-16(22)15(9-7-8-11-20)14-10-12-21(13-14)17(23)25-19(4,5)6/h14-15H,7-13,20H2,1-6H3/t14-,15-/m0/s1. The summed E-state index contributed by atoms with van der Waals surface area (Å²) in [6.45, 7) is 13.0. The van der Waals surface area contributed by atoms with E-state index < -0.39 is 11.2 Å². The number of hydrogen-bond acceptors (Lipinski definition) is 5. The highest BCUT2D eigenvalue weighted by Gasteiger charge is 2.38. The fourth-order valence-corrected chi connectivity index (χ4v) is 3.04. The van der Waals surface area contributed by atoms with Gasteiger partial charge in [0.2, 0.25) is 0 Å². The lowest BCUT2D eigenvalue weighted by molar-refractivity contribution is -0.162. The molecule has 0 aromatic rings. The van der Waals surface area contributed by atoms with E-state index in [1.54, 1.807) is 4.90 Å².